The van der Waals surface area contributed by atoms with Gasteiger partial charge in [0.25, 0.3) is 5.91 Å². The zero-order chi connectivity index (χ0) is 19.3. The molecule has 136 valence electrons. The topological polar surface area (TPSA) is 66.2 Å². The number of amides is 1. The van der Waals surface area contributed by atoms with Gasteiger partial charge < -0.3 is 9.64 Å². The fourth-order valence-corrected chi connectivity index (χ4v) is 2.32. The van der Waals surface area contributed by atoms with Crippen molar-refractivity contribution >= 4 is 17.5 Å². The van der Waals surface area contributed by atoms with E-state index in [4.69, 9.17) is 16.9 Å². The van der Waals surface area contributed by atoms with Gasteiger partial charge in [0.15, 0.2) is 6.61 Å². The molecular formula is C17H13ClF3N3O2. The molecule has 0 aliphatic rings. The molecule has 1 aromatic heterocycles. The number of halogens is 4. The number of nitrogens with zero attached hydrogens (tertiary/aromatic N) is 3. The summed E-state index contributed by atoms with van der Waals surface area (Å²) in [5.74, 6) is -0.825. The first-order valence-corrected chi connectivity index (χ1v) is 7.67. The van der Waals surface area contributed by atoms with Crippen LogP contribution >= 0.6 is 11.6 Å². The number of rotatable bonds is 5. The van der Waals surface area contributed by atoms with Gasteiger partial charge in [-0.25, -0.2) is 4.98 Å². The van der Waals surface area contributed by atoms with Crippen molar-refractivity contribution in [2.45, 2.75) is 12.7 Å². The SMILES string of the molecule is CN(Cc1cccc(C#N)c1)C(=O)c1cnc(OCC(F)(F)F)c(Cl)c1. The standard InChI is InChI=1S/C17H13ClF3N3O2/c1-24(9-12-4-2-3-11(5-12)7-22)16(25)13-6-14(18)15(23-8-13)26-10-17(19,20)21/h2-6,8H,9-10H2,1H3. The molecule has 26 heavy (non-hydrogen) atoms. The number of aromatic nitrogens is 1. The predicted molar refractivity (Wildman–Crippen MR) is 87.8 cm³/mol. The van der Waals surface area contributed by atoms with Crippen molar-refractivity contribution in [3.63, 3.8) is 0 Å². The number of carbonyl (C=O) groups excluding carboxylic acids is 1. The Morgan fingerprint density at radius 3 is 2.73 bits per heavy atom. The van der Waals surface area contributed by atoms with E-state index in [2.05, 4.69) is 9.72 Å². The highest BCUT2D eigenvalue weighted by molar-refractivity contribution is 6.32. The lowest BCUT2D eigenvalue weighted by Crippen LogP contribution is -2.26. The van der Waals surface area contributed by atoms with Gasteiger partial charge in [0.2, 0.25) is 5.88 Å². The highest BCUT2D eigenvalue weighted by Crippen LogP contribution is 2.25. The lowest BCUT2D eigenvalue weighted by molar-refractivity contribution is -0.154. The van der Waals surface area contributed by atoms with Gasteiger partial charge in [-0.2, -0.15) is 18.4 Å². The van der Waals surface area contributed by atoms with E-state index in [0.717, 1.165) is 11.8 Å². The van der Waals surface area contributed by atoms with E-state index in [-0.39, 0.29) is 17.1 Å². The number of carbonyl (C=O) groups is 1. The molecule has 0 atom stereocenters. The summed E-state index contributed by atoms with van der Waals surface area (Å²) in [4.78, 5) is 17.5. The summed E-state index contributed by atoms with van der Waals surface area (Å²) < 4.78 is 41.0. The van der Waals surface area contributed by atoms with E-state index in [1.54, 1.807) is 31.3 Å². The van der Waals surface area contributed by atoms with Crippen molar-refractivity contribution in [1.29, 1.82) is 5.26 Å². The Balaban J connectivity index is 2.08. The maximum Gasteiger partial charge on any atom is 0.422 e. The van der Waals surface area contributed by atoms with Crippen LogP contribution < -0.4 is 4.74 Å². The quantitative estimate of drug-likeness (QED) is 0.787. The molecule has 0 radical (unpaired) electrons. The average Bonchev–Trinajstić information content (AvgIpc) is 2.59. The molecule has 0 saturated carbocycles. The van der Waals surface area contributed by atoms with Crippen LogP contribution in [0.25, 0.3) is 0 Å². The van der Waals surface area contributed by atoms with Gasteiger partial charge in [-0.3, -0.25) is 4.79 Å². The Hall–Kier alpha value is -2.79. The van der Waals surface area contributed by atoms with Crippen LogP contribution in [0.5, 0.6) is 5.88 Å². The van der Waals surface area contributed by atoms with E-state index < -0.39 is 24.6 Å². The number of ether oxygens (including phenoxy) is 1. The summed E-state index contributed by atoms with van der Waals surface area (Å²) in [6.45, 7) is -1.29. The Labute approximate surface area is 152 Å². The summed E-state index contributed by atoms with van der Waals surface area (Å²) in [7, 11) is 1.54. The van der Waals surface area contributed by atoms with E-state index in [1.807, 2.05) is 6.07 Å². The van der Waals surface area contributed by atoms with Gasteiger partial charge >= 0.3 is 6.18 Å². The van der Waals surface area contributed by atoms with Gasteiger partial charge in [0.05, 0.1) is 17.2 Å². The zero-order valence-electron chi connectivity index (χ0n) is 13.5. The van der Waals surface area contributed by atoms with E-state index in [0.29, 0.717) is 5.56 Å². The molecule has 0 spiro atoms. The minimum absolute atomic E-state index is 0.105. The number of hydrogen-bond acceptors (Lipinski definition) is 4. The number of pyridine rings is 1. The molecule has 0 unspecified atom stereocenters. The molecule has 0 aliphatic heterocycles. The number of benzene rings is 1. The molecule has 1 aromatic carbocycles. The van der Waals surface area contributed by atoms with Crippen molar-refractivity contribution < 1.29 is 22.7 Å². The molecule has 0 aliphatic carbocycles. The van der Waals surface area contributed by atoms with Crippen molar-refractivity contribution in [1.82, 2.24) is 9.88 Å². The van der Waals surface area contributed by atoms with E-state index in [9.17, 15) is 18.0 Å². The second kappa shape index (κ2) is 8.06. The molecule has 2 rings (SSSR count). The minimum Gasteiger partial charge on any atom is -0.467 e. The summed E-state index contributed by atoms with van der Waals surface area (Å²) >= 11 is 5.85. The van der Waals surface area contributed by atoms with Crippen LogP contribution in [0.2, 0.25) is 5.02 Å². The Kier molecular flexibility index (Phi) is 6.05. The first-order valence-electron chi connectivity index (χ1n) is 7.29. The monoisotopic (exact) mass is 383 g/mol. The van der Waals surface area contributed by atoms with Crippen molar-refractivity contribution in [3.8, 4) is 11.9 Å². The van der Waals surface area contributed by atoms with Crippen LogP contribution in [0.3, 0.4) is 0 Å². The highest BCUT2D eigenvalue weighted by Gasteiger charge is 2.29. The molecule has 0 saturated heterocycles. The van der Waals surface area contributed by atoms with Gasteiger partial charge in [0.1, 0.15) is 5.02 Å². The molecule has 2 aromatic rings. The first-order chi connectivity index (χ1) is 12.2. The molecule has 0 fully saturated rings. The summed E-state index contributed by atoms with van der Waals surface area (Å²) in [6.07, 6.45) is -3.42. The van der Waals surface area contributed by atoms with E-state index in [1.165, 1.54) is 11.0 Å². The van der Waals surface area contributed by atoms with Crippen LogP contribution in [0.4, 0.5) is 13.2 Å². The molecule has 9 heteroatoms. The second-order valence-electron chi connectivity index (χ2n) is 5.39. The third-order valence-electron chi connectivity index (χ3n) is 3.25. The van der Waals surface area contributed by atoms with Gasteiger partial charge in [0, 0.05) is 19.8 Å². The Morgan fingerprint density at radius 2 is 2.12 bits per heavy atom. The first kappa shape index (κ1) is 19.5. The van der Waals surface area contributed by atoms with Crippen LogP contribution in [0.1, 0.15) is 21.5 Å². The predicted octanol–water partition coefficient (Wildman–Crippen LogP) is 3.82. The van der Waals surface area contributed by atoms with Gasteiger partial charge in [-0.1, -0.05) is 23.7 Å². The summed E-state index contributed by atoms with van der Waals surface area (Å²) in [5.41, 5.74) is 1.33. The van der Waals surface area contributed by atoms with Crippen LogP contribution in [-0.2, 0) is 6.54 Å². The van der Waals surface area contributed by atoms with Crippen molar-refractivity contribution in [3.05, 3.63) is 58.2 Å². The fourth-order valence-electron chi connectivity index (χ4n) is 2.10. The van der Waals surface area contributed by atoms with Gasteiger partial charge in [-0.05, 0) is 23.8 Å². The molecule has 1 heterocycles. The number of alkyl halides is 3. The van der Waals surface area contributed by atoms with Crippen molar-refractivity contribution in [2.75, 3.05) is 13.7 Å². The molecular weight excluding hydrogens is 371 g/mol. The zero-order valence-corrected chi connectivity index (χ0v) is 14.3. The third-order valence-corrected chi connectivity index (χ3v) is 3.52. The third kappa shape index (κ3) is 5.36. The second-order valence-corrected chi connectivity index (χ2v) is 5.80. The minimum atomic E-state index is -4.52. The smallest absolute Gasteiger partial charge is 0.422 e. The average molecular weight is 384 g/mol. The van der Waals surface area contributed by atoms with Gasteiger partial charge in [-0.15, -0.1) is 0 Å². The molecule has 1 amide bonds. The van der Waals surface area contributed by atoms with E-state index >= 15 is 0 Å². The Bertz CT molecular complexity index is 850. The maximum absolute atomic E-state index is 12.4. The van der Waals surface area contributed by atoms with Crippen LogP contribution in [0, 0.1) is 11.3 Å². The summed E-state index contributed by atoms with van der Waals surface area (Å²) in [6, 6.07) is 9.99. The number of hydrogen-bond donors (Lipinski definition) is 0. The van der Waals surface area contributed by atoms with Crippen molar-refractivity contribution in [2.24, 2.45) is 0 Å². The fraction of sp³-hybridized carbons (Fsp3) is 0.235. The maximum atomic E-state index is 12.4. The highest BCUT2D eigenvalue weighted by atomic mass is 35.5. The largest absolute Gasteiger partial charge is 0.467 e. The van der Waals surface area contributed by atoms with Crippen LogP contribution in [-0.4, -0.2) is 35.6 Å². The Morgan fingerprint density at radius 1 is 1.38 bits per heavy atom. The lowest BCUT2D eigenvalue weighted by atomic mass is 10.1. The van der Waals surface area contributed by atoms with Crippen LogP contribution in [0.15, 0.2) is 36.5 Å². The molecule has 0 bridgehead atoms. The number of nitriles is 1. The lowest BCUT2D eigenvalue weighted by Gasteiger charge is -2.18. The normalized spacial score (nSPS) is 10.9. The summed E-state index contributed by atoms with van der Waals surface area (Å²) in [5, 5.41) is 8.70. The molecule has 5 nitrogen and oxygen atoms in total. The molecule has 0 N–H and O–H groups in total.